The Morgan fingerprint density at radius 2 is 1.92 bits per heavy atom. The number of aryl methyl sites for hydroxylation is 4. The van der Waals surface area contributed by atoms with Crippen LogP contribution in [-0.2, 0) is 16.0 Å². The Morgan fingerprint density at radius 3 is 2.56 bits per heavy atom. The monoisotopic (exact) mass is 360 g/mol. The number of anilines is 1. The summed E-state index contributed by atoms with van der Waals surface area (Å²) in [5.74, 6) is -1.06. The zero-order valence-corrected chi connectivity index (χ0v) is 15.5. The second-order valence-corrected chi connectivity index (χ2v) is 6.19. The van der Waals surface area contributed by atoms with Crippen LogP contribution in [-0.4, -0.2) is 23.5 Å². The highest BCUT2D eigenvalue weighted by Crippen LogP contribution is 2.22. The molecule has 2 rings (SSSR count). The van der Waals surface area contributed by atoms with Crippen molar-refractivity contribution in [1.29, 1.82) is 0 Å². The minimum absolute atomic E-state index is 0.0788. The number of para-hydroxylation sites is 1. The molecule has 0 fully saturated rings. The van der Waals surface area contributed by atoms with E-state index in [2.05, 4.69) is 10.3 Å². The van der Waals surface area contributed by atoms with Gasteiger partial charge in [0.25, 0.3) is 5.91 Å². The molecule has 132 valence electrons. The third kappa shape index (κ3) is 4.57. The molecule has 25 heavy (non-hydrogen) atoms. The first-order valence-corrected chi connectivity index (χ1v) is 8.40. The standard InChI is InChI=1S/C19H21ClN2O3/c1-5-14-8-6-7-11(2)17(14)22-15(23)10-25-19(24)16-12(3)9-13(4)21-18(16)20/h6-9H,5,10H2,1-4H3,(H,22,23). The third-order valence-corrected chi connectivity index (χ3v) is 4.12. The Labute approximate surface area is 152 Å². The van der Waals surface area contributed by atoms with E-state index in [1.165, 1.54) is 0 Å². The topological polar surface area (TPSA) is 68.3 Å². The summed E-state index contributed by atoms with van der Waals surface area (Å²) in [5, 5.41) is 2.89. The molecular weight excluding hydrogens is 340 g/mol. The Kier molecular flexibility index (Phi) is 6.15. The average molecular weight is 361 g/mol. The summed E-state index contributed by atoms with van der Waals surface area (Å²) in [7, 11) is 0. The number of benzene rings is 1. The number of nitrogens with zero attached hydrogens (tertiary/aromatic N) is 1. The second-order valence-electron chi connectivity index (χ2n) is 5.83. The van der Waals surface area contributed by atoms with Crippen molar-refractivity contribution in [3.8, 4) is 0 Å². The molecule has 0 atom stereocenters. The quantitative estimate of drug-likeness (QED) is 0.646. The summed E-state index contributed by atoms with van der Waals surface area (Å²) in [6, 6.07) is 7.56. The van der Waals surface area contributed by atoms with E-state index in [0.717, 1.165) is 23.2 Å². The Morgan fingerprint density at radius 1 is 1.20 bits per heavy atom. The number of hydrogen-bond donors (Lipinski definition) is 1. The number of rotatable bonds is 5. The van der Waals surface area contributed by atoms with Crippen molar-refractivity contribution in [2.75, 3.05) is 11.9 Å². The number of ether oxygens (including phenoxy) is 1. The molecule has 0 saturated heterocycles. The molecule has 1 N–H and O–H groups in total. The fourth-order valence-corrected chi connectivity index (χ4v) is 2.98. The molecule has 0 unspecified atom stereocenters. The van der Waals surface area contributed by atoms with Gasteiger partial charge in [0.15, 0.2) is 6.61 Å². The van der Waals surface area contributed by atoms with Gasteiger partial charge in [0.2, 0.25) is 0 Å². The molecule has 2 aromatic rings. The summed E-state index contributed by atoms with van der Waals surface area (Å²) < 4.78 is 5.10. The molecule has 1 aromatic carbocycles. The Balaban J connectivity index is 2.05. The van der Waals surface area contributed by atoms with Gasteiger partial charge >= 0.3 is 5.97 Å². The Hall–Kier alpha value is -2.40. The number of amides is 1. The van der Waals surface area contributed by atoms with Gasteiger partial charge in [-0.1, -0.05) is 36.7 Å². The van der Waals surface area contributed by atoms with E-state index >= 15 is 0 Å². The molecule has 0 aliphatic heterocycles. The van der Waals surface area contributed by atoms with Crippen LogP contribution in [0.3, 0.4) is 0 Å². The zero-order chi connectivity index (χ0) is 18.6. The molecule has 1 heterocycles. The van der Waals surface area contributed by atoms with E-state index in [0.29, 0.717) is 11.3 Å². The lowest BCUT2D eigenvalue weighted by Crippen LogP contribution is -2.22. The van der Waals surface area contributed by atoms with Crippen LogP contribution < -0.4 is 5.32 Å². The summed E-state index contributed by atoms with van der Waals surface area (Å²) in [6.07, 6.45) is 0.793. The summed E-state index contributed by atoms with van der Waals surface area (Å²) in [4.78, 5) is 28.4. The van der Waals surface area contributed by atoms with Crippen molar-refractivity contribution in [3.05, 3.63) is 57.4 Å². The maximum absolute atomic E-state index is 12.2. The smallest absolute Gasteiger partial charge is 0.342 e. The summed E-state index contributed by atoms with van der Waals surface area (Å²) in [5.41, 5.74) is 4.31. The lowest BCUT2D eigenvalue weighted by molar-refractivity contribution is -0.119. The molecule has 0 bridgehead atoms. The molecule has 1 amide bonds. The predicted molar refractivity (Wildman–Crippen MR) is 98.2 cm³/mol. The molecular formula is C19H21ClN2O3. The van der Waals surface area contributed by atoms with Gasteiger partial charge in [-0.3, -0.25) is 4.79 Å². The first-order chi connectivity index (χ1) is 11.8. The van der Waals surface area contributed by atoms with E-state index in [4.69, 9.17) is 16.3 Å². The maximum Gasteiger partial charge on any atom is 0.342 e. The maximum atomic E-state index is 12.2. The van der Waals surface area contributed by atoms with Crippen molar-refractivity contribution in [1.82, 2.24) is 4.98 Å². The van der Waals surface area contributed by atoms with Gasteiger partial charge in [0.05, 0.1) is 5.56 Å². The average Bonchev–Trinajstić information content (AvgIpc) is 2.53. The molecule has 0 radical (unpaired) electrons. The van der Waals surface area contributed by atoms with Crippen LogP contribution >= 0.6 is 11.6 Å². The number of carbonyl (C=O) groups excluding carboxylic acids is 2. The van der Waals surface area contributed by atoms with Crippen molar-refractivity contribution < 1.29 is 14.3 Å². The minimum atomic E-state index is -0.661. The number of carbonyl (C=O) groups is 2. The van der Waals surface area contributed by atoms with Crippen LogP contribution in [0.1, 0.15) is 39.7 Å². The predicted octanol–water partition coefficient (Wildman–Crippen LogP) is 4.02. The van der Waals surface area contributed by atoms with E-state index in [9.17, 15) is 9.59 Å². The van der Waals surface area contributed by atoms with Gasteiger partial charge in [0, 0.05) is 11.4 Å². The van der Waals surface area contributed by atoms with E-state index < -0.39 is 11.9 Å². The van der Waals surface area contributed by atoms with Crippen molar-refractivity contribution in [2.24, 2.45) is 0 Å². The molecule has 1 aromatic heterocycles. The molecule has 6 heteroatoms. The third-order valence-electron chi connectivity index (χ3n) is 3.84. The van der Waals surface area contributed by atoms with E-state index in [-0.39, 0.29) is 17.3 Å². The normalized spacial score (nSPS) is 10.4. The van der Waals surface area contributed by atoms with Gasteiger partial charge in [0.1, 0.15) is 5.15 Å². The fourth-order valence-electron chi connectivity index (χ4n) is 2.62. The fraction of sp³-hybridized carbons (Fsp3) is 0.316. The van der Waals surface area contributed by atoms with Gasteiger partial charge < -0.3 is 10.1 Å². The van der Waals surface area contributed by atoms with Gasteiger partial charge in [-0.05, 0) is 49.9 Å². The van der Waals surface area contributed by atoms with Gasteiger partial charge in [-0.25, -0.2) is 9.78 Å². The van der Waals surface area contributed by atoms with Gasteiger partial charge in [-0.2, -0.15) is 0 Å². The SMILES string of the molecule is CCc1cccc(C)c1NC(=O)COC(=O)c1c(C)cc(C)nc1Cl. The molecule has 0 saturated carbocycles. The highest BCUT2D eigenvalue weighted by Gasteiger charge is 2.18. The molecule has 0 aliphatic rings. The molecule has 5 nitrogen and oxygen atoms in total. The minimum Gasteiger partial charge on any atom is -0.452 e. The lowest BCUT2D eigenvalue weighted by Gasteiger charge is -2.13. The first kappa shape index (κ1) is 18.9. The number of nitrogens with one attached hydrogen (secondary N) is 1. The van der Waals surface area contributed by atoms with E-state index in [1.807, 2.05) is 32.0 Å². The van der Waals surface area contributed by atoms with Gasteiger partial charge in [-0.15, -0.1) is 0 Å². The van der Waals surface area contributed by atoms with E-state index in [1.54, 1.807) is 19.9 Å². The highest BCUT2D eigenvalue weighted by atomic mass is 35.5. The van der Waals surface area contributed by atoms with Crippen LogP contribution in [0, 0.1) is 20.8 Å². The van der Waals surface area contributed by atoms with Crippen LogP contribution in [0.2, 0.25) is 5.15 Å². The summed E-state index contributed by atoms with van der Waals surface area (Å²) in [6.45, 7) is 7.08. The number of aromatic nitrogens is 1. The number of pyridine rings is 1. The Bertz CT molecular complexity index is 795. The number of hydrogen-bond acceptors (Lipinski definition) is 4. The first-order valence-electron chi connectivity index (χ1n) is 8.02. The summed E-state index contributed by atoms with van der Waals surface area (Å²) >= 11 is 6.02. The zero-order valence-electron chi connectivity index (χ0n) is 14.8. The second kappa shape index (κ2) is 8.12. The van der Waals surface area contributed by atoms with Crippen molar-refractivity contribution in [2.45, 2.75) is 34.1 Å². The van der Waals surface area contributed by atoms with Crippen molar-refractivity contribution >= 4 is 29.2 Å². The number of halogens is 1. The van der Waals surface area contributed by atoms with Crippen LogP contribution in [0.5, 0.6) is 0 Å². The van der Waals surface area contributed by atoms with Crippen LogP contribution in [0.25, 0.3) is 0 Å². The van der Waals surface area contributed by atoms with Crippen LogP contribution in [0.4, 0.5) is 5.69 Å². The largest absolute Gasteiger partial charge is 0.452 e. The van der Waals surface area contributed by atoms with Crippen LogP contribution in [0.15, 0.2) is 24.3 Å². The molecule has 0 spiro atoms. The highest BCUT2D eigenvalue weighted by molar-refractivity contribution is 6.32. The number of esters is 1. The molecule has 0 aliphatic carbocycles. The van der Waals surface area contributed by atoms with Crippen molar-refractivity contribution in [3.63, 3.8) is 0 Å². The lowest BCUT2D eigenvalue weighted by atomic mass is 10.1.